The number of imidazole rings is 1. The fourth-order valence-corrected chi connectivity index (χ4v) is 2.12. The zero-order valence-corrected chi connectivity index (χ0v) is 12.2. The molecule has 0 aliphatic rings. The first kappa shape index (κ1) is 13.9. The van der Waals surface area contributed by atoms with E-state index in [1.54, 1.807) is 38.6 Å². The van der Waals surface area contributed by atoms with Crippen LogP contribution in [-0.4, -0.2) is 29.5 Å². The molecule has 22 heavy (non-hydrogen) atoms. The molecule has 1 amide bonds. The Balaban J connectivity index is 1.87. The molecule has 0 bridgehead atoms. The minimum atomic E-state index is -0.277. The molecule has 2 heterocycles. The Kier molecular flexibility index (Phi) is 3.65. The van der Waals surface area contributed by atoms with Crippen molar-refractivity contribution in [2.45, 2.75) is 0 Å². The quantitative estimate of drug-likeness (QED) is 0.804. The Labute approximate surface area is 127 Å². The standard InChI is InChI=1S/C16H15N3O3/c1-21-12-7-11(8-13(9-12)22-2)16(20)18-14-10-19-6-4-3-5-15(19)17-14/h3-10H,1-2H3,(H,18,20). The van der Waals surface area contributed by atoms with E-state index in [0.29, 0.717) is 22.9 Å². The third kappa shape index (κ3) is 2.71. The fourth-order valence-electron chi connectivity index (χ4n) is 2.12. The Bertz CT molecular complexity index is 771. The maximum absolute atomic E-state index is 12.4. The second-order valence-corrected chi connectivity index (χ2v) is 4.65. The molecule has 0 aliphatic carbocycles. The van der Waals surface area contributed by atoms with E-state index in [1.807, 2.05) is 28.8 Å². The predicted molar refractivity (Wildman–Crippen MR) is 82.7 cm³/mol. The van der Waals surface area contributed by atoms with Crippen molar-refractivity contribution < 1.29 is 14.3 Å². The average Bonchev–Trinajstić information content (AvgIpc) is 2.96. The lowest BCUT2D eigenvalue weighted by molar-refractivity contribution is 0.102. The lowest BCUT2D eigenvalue weighted by Gasteiger charge is -2.08. The number of methoxy groups -OCH3 is 2. The van der Waals surface area contributed by atoms with E-state index in [2.05, 4.69) is 10.3 Å². The van der Waals surface area contributed by atoms with Gasteiger partial charge in [0.1, 0.15) is 17.1 Å². The lowest BCUT2D eigenvalue weighted by Crippen LogP contribution is -2.12. The summed E-state index contributed by atoms with van der Waals surface area (Å²) in [6.45, 7) is 0. The van der Waals surface area contributed by atoms with Crippen molar-refractivity contribution >= 4 is 17.4 Å². The molecule has 6 heteroatoms. The number of fused-ring (bicyclic) bond motifs is 1. The second-order valence-electron chi connectivity index (χ2n) is 4.65. The van der Waals surface area contributed by atoms with Crippen LogP contribution in [0.4, 0.5) is 5.82 Å². The number of nitrogens with zero attached hydrogens (tertiary/aromatic N) is 2. The first-order chi connectivity index (χ1) is 10.7. The number of ether oxygens (including phenoxy) is 2. The smallest absolute Gasteiger partial charge is 0.257 e. The van der Waals surface area contributed by atoms with Gasteiger partial charge in [-0.05, 0) is 24.3 Å². The van der Waals surface area contributed by atoms with E-state index in [0.717, 1.165) is 5.65 Å². The van der Waals surface area contributed by atoms with E-state index >= 15 is 0 Å². The van der Waals surface area contributed by atoms with Gasteiger partial charge >= 0.3 is 0 Å². The molecule has 3 rings (SSSR count). The van der Waals surface area contributed by atoms with Crippen molar-refractivity contribution in [1.29, 1.82) is 0 Å². The van der Waals surface area contributed by atoms with Crippen molar-refractivity contribution in [3.63, 3.8) is 0 Å². The molecule has 6 nitrogen and oxygen atoms in total. The summed E-state index contributed by atoms with van der Waals surface area (Å²) in [5.41, 5.74) is 1.20. The van der Waals surface area contributed by atoms with Crippen LogP contribution in [0.15, 0.2) is 48.8 Å². The summed E-state index contributed by atoms with van der Waals surface area (Å²) in [6, 6.07) is 10.7. The van der Waals surface area contributed by atoms with Gasteiger partial charge in [0.15, 0.2) is 5.82 Å². The van der Waals surface area contributed by atoms with Crippen LogP contribution in [0.3, 0.4) is 0 Å². The Morgan fingerprint density at radius 3 is 2.50 bits per heavy atom. The molecule has 2 aromatic heterocycles. The molecule has 112 valence electrons. The Hall–Kier alpha value is -3.02. The van der Waals surface area contributed by atoms with Gasteiger partial charge in [0.05, 0.1) is 20.4 Å². The maximum Gasteiger partial charge on any atom is 0.257 e. The largest absolute Gasteiger partial charge is 0.497 e. The zero-order chi connectivity index (χ0) is 15.5. The van der Waals surface area contributed by atoms with Crippen molar-refractivity contribution in [2.75, 3.05) is 19.5 Å². The summed E-state index contributed by atoms with van der Waals surface area (Å²) in [7, 11) is 3.08. The van der Waals surface area contributed by atoms with E-state index < -0.39 is 0 Å². The number of amides is 1. The molecule has 0 saturated carbocycles. The number of rotatable bonds is 4. The van der Waals surface area contributed by atoms with Crippen molar-refractivity contribution in [3.05, 3.63) is 54.4 Å². The molecule has 3 aromatic rings. The van der Waals surface area contributed by atoms with Crippen LogP contribution in [-0.2, 0) is 0 Å². The molecule has 0 spiro atoms. The summed E-state index contributed by atoms with van der Waals surface area (Å²) in [4.78, 5) is 16.7. The number of anilines is 1. The monoisotopic (exact) mass is 297 g/mol. The molecule has 0 saturated heterocycles. The summed E-state index contributed by atoms with van der Waals surface area (Å²) in [5, 5.41) is 2.77. The molecule has 0 radical (unpaired) electrons. The highest BCUT2D eigenvalue weighted by molar-refractivity contribution is 6.04. The number of pyridine rings is 1. The van der Waals surface area contributed by atoms with E-state index in [9.17, 15) is 4.79 Å². The van der Waals surface area contributed by atoms with Crippen molar-refractivity contribution in [1.82, 2.24) is 9.38 Å². The van der Waals surface area contributed by atoms with Crippen LogP contribution < -0.4 is 14.8 Å². The van der Waals surface area contributed by atoms with E-state index in [1.165, 1.54) is 0 Å². The van der Waals surface area contributed by atoms with Gasteiger partial charge in [-0.3, -0.25) is 4.79 Å². The van der Waals surface area contributed by atoms with Gasteiger partial charge in [0.25, 0.3) is 5.91 Å². The number of nitrogens with one attached hydrogen (secondary N) is 1. The first-order valence-electron chi connectivity index (χ1n) is 6.68. The van der Waals surface area contributed by atoms with Gasteiger partial charge in [-0.1, -0.05) is 6.07 Å². The Morgan fingerprint density at radius 1 is 1.14 bits per heavy atom. The zero-order valence-electron chi connectivity index (χ0n) is 12.2. The number of hydrogen-bond acceptors (Lipinski definition) is 4. The fraction of sp³-hybridized carbons (Fsp3) is 0.125. The van der Waals surface area contributed by atoms with E-state index in [4.69, 9.17) is 9.47 Å². The van der Waals surface area contributed by atoms with Crippen molar-refractivity contribution in [2.24, 2.45) is 0 Å². The van der Waals surface area contributed by atoms with Crippen LogP contribution in [0.25, 0.3) is 5.65 Å². The normalized spacial score (nSPS) is 10.5. The van der Waals surface area contributed by atoms with Crippen LogP contribution in [0.5, 0.6) is 11.5 Å². The molecule has 1 N–H and O–H groups in total. The summed E-state index contributed by atoms with van der Waals surface area (Å²) < 4.78 is 12.2. The minimum Gasteiger partial charge on any atom is -0.497 e. The maximum atomic E-state index is 12.4. The number of carbonyl (C=O) groups is 1. The third-order valence-electron chi connectivity index (χ3n) is 3.22. The SMILES string of the molecule is COc1cc(OC)cc(C(=O)Nc2cn3ccccc3n2)c1. The minimum absolute atomic E-state index is 0.277. The summed E-state index contributed by atoms with van der Waals surface area (Å²) in [5.74, 6) is 1.32. The van der Waals surface area contributed by atoms with E-state index in [-0.39, 0.29) is 5.91 Å². The Morgan fingerprint density at radius 2 is 1.86 bits per heavy atom. The predicted octanol–water partition coefficient (Wildman–Crippen LogP) is 2.60. The molecule has 0 atom stereocenters. The van der Waals surface area contributed by atoms with Gasteiger partial charge in [-0.15, -0.1) is 0 Å². The van der Waals surface area contributed by atoms with Gasteiger partial charge in [0, 0.05) is 17.8 Å². The number of hydrogen-bond donors (Lipinski definition) is 1. The van der Waals surface area contributed by atoms with Crippen LogP contribution >= 0.6 is 0 Å². The van der Waals surface area contributed by atoms with Gasteiger partial charge in [-0.25, -0.2) is 4.98 Å². The number of aromatic nitrogens is 2. The molecule has 1 aromatic carbocycles. The molecule has 0 fully saturated rings. The van der Waals surface area contributed by atoms with Gasteiger partial charge in [-0.2, -0.15) is 0 Å². The molecule has 0 unspecified atom stereocenters. The third-order valence-corrected chi connectivity index (χ3v) is 3.22. The first-order valence-corrected chi connectivity index (χ1v) is 6.68. The average molecular weight is 297 g/mol. The van der Waals surface area contributed by atoms with Crippen LogP contribution in [0, 0.1) is 0 Å². The highest BCUT2D eigenvalue weighted by atomic mass is 16.5. The van der Waals surface area contributed by atoms with Crippen LogP contribution in [0.2, 0.25) is 0 Å². The lowest BCUT2D eigenvalue weighted by atomic mass is 10.2. The highest BCUT2D eigenvalue weighted by Crippen LogP contribution is 2.23. The second kappa shape index (κ2) is 5.77. The summed E-state index contributed by atoms with van der Waals surface area (Å²) >= 11 is 0. The highest BCUT2D eigenvalue weighted by Gasteiger charge is 2.12. The van der Waals surface area contributed by atoms with Gasteiger partial charge < -0.3 is 19.2 Å². The summed E-state index contributed by atoms with van der Waals surface area (Å²) in [6.07, 6.45) is 3.62. The molecular formula is C16H15N3O3. The molecule has 0 aliphatic heterocycles. The van der Waals surface area contributed by atoms with Crippen molar-refractivity contribution in [3.8, 4) is 11.5 Å². The number of benzene rings is 1. The molecular weight excluding hydrogens is 282 g/mol. The van der Waals surface area contributed by atoms with Gasteiger partial charge in [0.2, 0.25) is 0 Å². The topological polar surface area (TPSA) is 64.9 Å². The van der Waals surface area contributed by atoms with Crippen LogP contribution in [0.1, 0.15) is 10.4 Å². The number of carbonyl (C=O) groups excluding carboxylic acids is 1.